The first-order valence-corrected chi connectivity index (χ1v) is 13.8. The summed E-state index contributed by atoms with van der Waals surface area (Å²) < 4.78 is 5.49. The van der Waals surface area contributed by atoms with Crippen LogP contribution in [0.3, 0.4) is 0 Å². The van der Waals surface area contributed by atoms with Gasteiger partial charge in [-0.1, -0.05) is 31.9 Å². The normalized spacial score (nSPS) is 19.1. The zero-order valence-corrected chi connectivity index (χ0v) is 22.4. The summed E-state index contributed by atoms with van der Waals surface area (Å²) in [6, 6.07) is 9.47. The predicted molar refractivity (Wildman–Crippen MR) is 150 cm³/mol. The maximum absolute atomic E-state index is 13.5. The molecule has 204 valence electrons. The van der Waals surface area contributed by atoms with Crippen LogP contribution in [-0.2, 0) is 32.0 Å². The van der Waals surface area contributed by atoms with Crippen LogP contribution >= 0.6 is 0 Å². The van der Waals surface area contributed by atoms with Gasteiger partial charge in [0.15, 0.2) is 0 Å². The second kappa shape index (κ2) is 11.9. The Morgan fingerprint density at radius 3 is 2.74 bits per heavy atom. The van der Waals surface area contributed by atoms with E-state index in [2.05, 4.69) is 22.5 Å². The number of nitrogens with zero attached hydrogens (tertiary/aromatic N) is 3. The molecule has 4 heterocycles. The van der Waals surface area contributed by atoms with Crippen LogP contribution in [-0.4, -0.2) is 58.7 Å². The molecule has 0 aliphatic carbocycles. The average Bonchev–Trinajstić information content (AvgIpc) is 3.17. The van der Waals surface area contributed by atoms with E-state index < -0.39 is 5.54 Å². The Kier molecular flexibility index (Phi) is 8.16. The second-order valence-corrected chi connectivity index (χ2v) is 10.3. The number of aliphatic imine (C=N–C) groups is 1. The molecule has 0 atom stereocenters. The number of anilines is 2. The van der Waals surface area contributed by atoms with Gasteiger partial charge in [-0.2, -0.15) is 0 Å². The van der Waals surface area contributed by atoms with Crippen molar-refractivity contribution >= 4 is 41.1 Å². The molecule has 1 saturated heterocycles. The van der Waals surface area contributed by atoms with E-state index in [0.29, 0.717) is 62.7 Å². The Bertz CT molecular complexity index is 1310. The lowest BCUT2D eigenvalue weighted by molar-refractivity contribution is -0.136. The lowest BCUT2D eigenvalue weighted by Crippen LogP contribution is -2.48. The van der Waals surface area contributed by atoms with E-state index in [0.717, 1.165) is 36.0 Å². The van der Waals surface area contributed by atoms with Crippen LogP contribution in [0.4, 0.5) is 11.5 Å². The molecule has 1 spiro atoms. The molecule has 1 aromatic carbocycles. The minimum atomic E-state index is -0.788. The molecule has 2 N–H and O–H groups in total. The number of hydrogen-bond acceptors (Lipinski definition) is 6. The maximum atomic E-state index is 13.5. The first kappa shape index (κ1) is 26.7. The molecule has 0 radical (unpaired) electrons. The summed E-state index contributed by atoms with van der Waals surface area (Å²) in [4.78, 5) is 49.8. The first-order chi connectivity index (χ1) is 19.0. The van der Waals surface area contributed by atoms with Crippen LogP contribution in [0.1, 0.15) is 62.1 Å². The van der Waals surface area contributed by atoms with Gasteiger partial charge in [-0.3, -0.25) is 24.3 Å². The number of aromatic nitrogens is 1. The number of hydrogen-bond donors (Lipinski definition) is 2. The summed E-state index contributed by atoms with van der Waals surface area (Å²) >= 11 is 0. The number of amides is 3. The summed E-state index contributed by atoms with van der Waals surface area (Å²) in [5.74, 6) is 0.684. The molecule has 3 amide bonds. The van der Waals surface area contributed by atoms with Gasteiger partial charge in [-0.05, 0) is 60.2 Å². The van der Waals surface area contributed by atoms with E-state index in [9.17, 15) is 14.4 Å². The fraction of sp³-hybridized carbons (Fsp3) is 0.433. The summed E-state index contributed by atoms with van der Waals surface area (Å²) in [7, 11) is 0. The summed E-state index contributed by atoms with van der Waals surface area (Å²) in [6.45, 7) is 3.08. The van der Waals surface area contributed by atoms with Gasteiger partial charge in [0.05, 0.1) is 0 Å². The Morgan fingerprint density at radius 1 is 1.10 bits per heavy atom. The average molecular weight is 530 g/mol. The quantitative estimate of drug-likeness (QED) is 0.524. The predicted octanol–water partition coefficient (Wildman–Crippen LogP) is 4.14. The number of rotatable bonds is 7. The van der Waals surface area contributed by atoms with Crippen molar-refractivity contribution in [3.05, 3.63) is 59.3 Å². The van der Waals surface area contributed by atoms with Crippen molar-refractivity contribution in [3.8, 4) is 0 Å². The van der Waals surface area contributed by atoms with Crippen LogP contribution in [0.5, 0.6) is 0 Å². The molecule has 0 saturated carbocycles. The van der Waals surface area contributed by atoms with Crippen LogP contribution in [0.2, 0.25) is 0 Å². The second-order valence-electron chi connectivity index (χ2n) is 10.3. The molecular formula is C30H35N5O4. The van der Waals surface area contributed by atoms with Crippen molar-refractivity contribution < 1.29 is 19.1 Å². The number of unbranched alkanes of at least 4 members (excludes halogenated alkanes) is 2. The highest BCUT2D eigenvalue weighted by Crippen LogP contribution is 2.34. The fourth-order valence-electron chi connectivity index (χ4n) is 5.40. The summed E-state index contributed by atoms with van der Waals surface area (Å²) in [5.41, 5.74) is 2.73. The van der Waals surface area contributed by atoms with Crippen molar-refractivity contribution in [1.29, 1.82) is 0 Å². The smallest absolute Gasteiger partial charge is 0.256 e. The van der Waals surface area contributed by atoms with Crippen molar-refractivity contribution in [1.82, 2.24) is 9.88 Å². The van der Waals surface area contributed by atoms with E-state index in [1.54, 1.807) is 17.2 Å². The number of pyridine rings is 1. The lowest BCUT2D eigenvalue weighted by Gasteiger charge is -2.29. The molecule has 0 bridgehead atoms. The van der Waals surface area contributed by atoms with Gasteiger partial charge >= 0.3 is 0 Å². The SMILES string of the molecule is CCCCCC1=NC2(CCOCC2)C(=O)N1CC(=O)Nc1ccc2c(c1)CCc1cccnc1NC(=O)/C=C/2. The third-order valence-electron chi connectivity index (χ3n) is 7.56. The fourth-order valence-corrected chi connectivity index (χ4v) is 5.40. The van der Waals surface area contributed by atoms with Crippen molar-refractivity contribution in [2.24, 2.45) is 4.99 Å². The first-order valence-electron chi connectivity index (χ1n) is 13.8. The van der Waals surface area contributed by atoms with Crippen LogP contribution in [0.25, 0.3) is 6.08 Å². The zero-order valence-electron chi connectivity index (χ0n) is 22.4. The molecular weight excluding hydrogens is 494 g/mol. The van der Waals surface area contributed by atoms with Gasteiger partial charge in [0, 0.05) is 50.4 Å². The maximum Gasteiger partial charge on any atom is 0.256 e. The number of nitrogens with one attached hydrogen (secondary N) is 2. The number of amidine groups is 1. The Morgan fingerprint density at radius 2 is 1.92 bits per heavy atom. The third kappa shape index (κ3) is 6.09. The molecule has 2 aromatic rings. The molecule has 3 aliphatic rings. The van der Waals surface area contributed by atoms with E-state index in [1.165, 1.54) is 6.08 Å². The molecule has 3 aliphatic heterocycles. The molecule has 0 unspecified atom stereocenters. The summed E-state index contributed by atoms with van der Waals surface area (Å²) in [5, 5.41) is 5.82. The van der Waals surface area contributed by atoms with Crippen molar-refractivity contribution in [2.75, 3.05) is 30.4 Å². The van der Waals surface area contributed by atoms with Crippen molar-refractivity contribution in [3.63, 3.8) is 0 Å². The molecule has 5 rings (SSSR count). The van der Waals surface area contributed by atoms with Gasteiger partial charge in [-0.25, -0.2) is 4.98 Å². The van der Waals surface area contributed by atoms with Gasteiger partial charge in [0.2, 0.25) is 11.8 Å². The van der Waals surface area contributed by atoms with E-state index in [1.807, 2.05) is 30.3 Å². The molecule has 1 fully saturated rings. The number of fused-ring (bicyclic) bond motifs is 2. The molecule has 39 heavy (non-hydrogen) atoms. The number of benzene rings is 1. The standard InChI is InChI=1S/C30H35N5O4/c1-2-3-4-7-25-34-30(14-17-39-18-15-30)29(38)35(25)20-27(37)32-24-12-10-21-11-13-26(36)33-28-22(6-5-16-31-28)8-9-23(21)19-24/h5-6,10-13,16,19H,2-4,7-9,14-15,17-18,20H2,1H3,(H,32,37)(H,31,33,36)/b13-11+. The molecule has 9 heteroatoms. The zero-order chi connectivity index (χ0) is 27.2. The van der Waals surface area contributed by atoms with Gasteiger partial charge in [0.1, 0.15) is 23.7 Å². The summed E-state index contributed by atoms with van der Waals surface area (Å²) in [6.07, 6.45) is 11.2. The number of carbonyl (C=O) groups excluding carboxylic acids is 3. The van der Waals surface area contributed by atoms with Gasteiger partial charge < -0.3 is 15.4 Å². The highest BCUT2D eigenvalue weighted by Gasteiger charge is 2.49. The van der Waals surface area contributed by atoms with Gasteiger partial charge in [-0.15, -0.1) is 0 Å². The lowest BCUT2D eigenvalue weighted by atomic mass is 9.90. The third-order valence-corrected chi connectivity index (χ3v) is 7.56. The minimum absolute atomic E-state index is 0.0669. The van der Waals surface area contributed by atoms with Crippen LogP contribution in [0, 0.1) is 0 Å². The van der Waals surface area contributed by atoms with E-state index in [-0.39, 0.29) is 24.3 Å². The molecule has 1 aromatic heterocycles. The van der Waals surface area contributed by atoms with Crippen LogP contribution < -0.4 is 10.6 Å². The minimum Gasteiger partial charge on any atom is -0.381 e. The highest BCUT2D eigenvalue weighted by atomic mass is 16.5. The number of aryl methyl sites for hydroxylation is 2. The van der Waals surface area contributed by atoms with E-state index >= 15 is 0 Å². The van der Waals surface area contributed by atoms with E-state index in [4.69, 9.17) is 9.73 Å². The van der Waals surface area contributed by atoms with Crippen molar-refractivity contribution in [2.45, 2.75) is 63.8 Å². The topological polar surface area (TPSA) is 113 Å². The van der Waals surface area contributed by atoms with Crippen LogP contribution in [0.15, 0.2) is 47.6 Å². The Hall–Kier alpha value is -3.85. The Balaban J connectivity index is 1.31. The number of ether oxygens (including phenoxy) is 1. The largest absolute Gasteiger partial charge is 0.381 e. The highest BCUT2D eigenvalue weighted by molar-refractivity contribution is 6.11. The molecule has 9 nitrogen and oxygen atoms in total. The Labute approximate surface area is 228 Å². The number of carbonyl (C=O) groups is 3. The van der Waals surface area contributed by atoms with Gasteiger partial charge in [0.25, 0.3) is 5.91 Å². The monoisotopic (exact) mass is 529 g/mol.